The molecule has 3 heterocycles. The first kappa shape index (κ1) is 22.6. The molecule has 1 amide bonds. The molecule has 2 N–H and O–H groups in total. The van der Waals surface area contributed by atoms with Crippen LogP contribution in [0.25, 0.3) is 32.2 Å². The van der Waals surface area contributed by atoms with Gasteiger partial charge >= 0.3 is 0 Å². The number of likely N-dealkylation sites (tertiary alicyclic amines) is 1. The summed E-state index contributed by atoms with van der Waals surface area (Å²) in [6, 6.07) is 23.4. The van der Waals surface area contributed by atoms with Gasteiger partial charge in [-0.3, -0.25) is 9.78 Å². The number of nitrogens with zero attached hydrogens (tertiary/aromatic N) is 3. The maximum absolute atomic E-state index is 11.7. The highest BCUT2D eigenvalue weighted by Crippen LogP contribution is 2.33. The van der Waals surface area contributed by atoms with Crippen molar-refractivity contribution in [2.24, 2.45) is 0 Å². The van der Waals surface area contributed by atoms with Crippen LogP contribution in [0.3, 0.4) is 0 Å². The van der Waals surface area contributed by atoms with Crippen molar-refractivity contribution in [3.05, 3.63) is 84.0 Å². The fourth-order valence-electron chi connectivity index (χ4n) is 5.04. The summed E-state index contributed by atoms with van der Waals surface area (Å²) in [6.45, 7) is 1.00. The van der Waals surface area contributed by atoms with Gasteiger partial charge in [-0.25, -0.2) is 4.98 Å². The lowest BCUT2D eigenvalue weighted by Gasteiger charge is -2.32. The molecule has 1 aliphatic rings. The van der Waals surface area contributed by atoms with Crippen LogP contribution in [0.5, 0.6) is 0 Å². The first-order valence-electron chi connectivity index (χ1n) is 12.2. The third-order valence-corrected chi connectivity index (χ3v) is 7.86. The number of amides is 1. The fourth-order valence-corrected chi connectivity index (χ4v) is 5.69. The number of carbonyl (C=O) groups is 1. The summed E-state index contributed by atoms with van der Waals surface area (Å²) in [4.78, 5) is 22.5. The Balaban J connectivity index is 1.23. The van der Waals surface area contributed by atoms with Gasteiger partial charge in [0.25, 0.3) is 0 Å². The number of nitrogens with one attached hydrogen (secondary N) is 1. The average molecular weight is 495 g/mol. The Morgan fingerprint density at radius 2 is 1.75 bits per heavy atom. The van der Waals surface area contributed by atoms with Crippen LogP contribution in [0.1, 0.15) is 24.3 Å². The van der Waals surface area contributed by atoms with Gasteiger partial charge in [0.15, 0.2) is 0 Å². The highest BCUT2D eigenvalue weighted by Gasteiger charge is 2.23. The Morgan fingerprint density at radius 3 is 2.56 bits per heavy atom. The number of aromatic nitrogens is 2. The van der Waals surface area contributed by atoms with Crippen LogP contribution in [-0.2, 0) is 4.79 Å². The highest BCUT2D eigenvalue weighted by molar-refractivity contribution is 7.16. The Labute approximate surface area is 213 Å². The molecule has 0 saturated carbocycles. The third-order valence-electron chi connectivity index (χ3n) is 7.05. The zero-order chi connectivity index (χ0) is 24.5. The Kier molecular flexibility index (Phi) is 6.09. The van der Waals surface area contributed by atoms with E-state index in [2.05, 4.69) is 75.9 Å². The van der Waals surface area contributed by atoms with Gasteiger partial charge in [-0.05, 0) is 71.8 Å². The van der Waals surface area contributed by atoms with Gasteiger partial charge in [0.1, 0.15) is 6.61 Å². The van der Waals surface area contributed by atoms with Crippen molar-refractivity contribution >= 4 is 49.7 Å². The second-order valence-corrected chi connectivity index (χ2v) is 10.1. The van der Waals surface area contributed by atoms with E-state index in [1.165, 1.54) is 10.3 Å². The standard InChI is InChI=1S/C29H26N4O2S/c34-17-29(35)33-13-10-21(11-14-33)19-1-3-20(4-2-19)22-5-7-25-24(15-22)26(9-12-30-25)32-23-6-8-28-27(16-23)31-18-36-28/h1-9,12,15-16,18,21,34H,10-11,13-14,17H2,(H,30,32). The van der Waals surface area contributed by atoms with Crippen molar-refractivity contribution in [1.82, 2.24) is 14.9 Å². The molecule has 2 aromatic heterocycles. The number of aliphatic hydroxyl groups is 1. The predicted molar refractivity (Wildman–Crippen MR) is 146 cm³/mol. The minimum Gasteiger partial charge on any atom is -0.387 e. The van der Waals surface area contributed by atoms with E-state index in [9.17, 15) is 4.79 Å². The van der Waals surface area contributed by atoms with E-state index in [1.54, 1.807) is 16.2 Å². The molecule has 0 spiro atoms. The summed E-state index contributed by atoms with van der Waals surface area (Å²) < 4.78 is 1.18. The van der Waals surface area contributed by atoms with Crippen molar-refractivity contribution in [3.8, 4) is 11.1 Å². The van der Waals surface area contributed by atoms with E-state index in [0.717, 1.165) is 51.8 Å². The van der Waals surface area contributed by atoms with Crippen molar-refractivity contribution in [1.29, 1.82) is 0 Å². The molecule has 6 rings (SSSR count). The maximum atomic E-state index is 11.7. The summed E-state index contributed by atoms with van der Waals surface area (Å²) in [5, 5.41) is 13.7. The molecular weight excluding hydrogens is 468 g/mol. The lowest BCUT2D eigenvalue weighted by atomic mass is 9.88. The average Bonchev–Trinajstić information content (AvgIpc) is 3.41. The Morgan fingerprint density at radius 1 is 0.944 bits per heavy atom. The normalized spacial score (nSPS) is 14.4. The quantitative estimate of drug-likeness (QED) is 0.316. The second kappa shape index (κ2) is 9.68. The first-order chi connectivity index (χ1) is 17.7. The summed E-state index contributed by atoms with van der Waals surface area (Å²) >= 11 is 1.64. The number of pyridine rings is 1. The summed E-state index contributed by atoms with van der Waals surface area (Å²) in [7, 11) is 0. The molecule has 6 nitrogen and oxygen atoms in total. The monoisotopic (exact) mass is 494 g/mol. The fraction of sp³-hybridized carbons (Fsp3) is 0.207. The number of piperidine rings is 1. The minimum atomic E-state index is -0.404. The molecule has 0 bridgehead atoms. The van der Waals surface area contributed by atoms with Crippen molar-refractivity contribution in [2.75, 3.05) is 25.0 Å². The topological polar surface area (TPSA) is 78.3 Å². The van der Waals surface area contributed by atoms with Crippen LogP contribution in [-0.4, -0.2) is 45.6 Å². The van der Waals surface area contributed by atoms with Crippen LogP contribution >= 0.6 is 11.3 Å². The van der Waals surface area contributed by atoms with Gasteiger partial charge < -0.3 is 15.3 Å². The van der Waals surface area contributed by atoms with Crippen LogP contribution in [0, 0.1) is 0 Å². The molecule has 3 aromatic carbocycles. The van der Waals surface area contributed by atoms with Gasteiger partial charge in [0.2, 0.25) is 5.91 Å². The molecule has 7 heteroatoms. The number of thiazole rings is 1. The molecular formula is C29H26N4O2S. The van der Waals surface area contributed by atoms with Gasteiger partial charge in [0.05, 0.1) is 21.2 Å². The van der Waals surface area contributed by atoms with E-state index in [1.807, 2.05) is 17.8 Å². The zero-order valence-electron chi connectivity index (χ0n) is 19.7. The largest absolute Gasteiger partial charge is 0.387 e. The van der Waals surface area contributed by atoms with Crippen molar-refractivity contribution in [2.45, 2.75) is 18.8 Å². The summed E-state index contributed by atoms with van der Waals surface area (Å²) in [6.07, 6.45) is 3.68. The summed E-state index contributed by atoms with van der Waals surface area (Å²) in [5.41, 5.74) is 9.43. The lowest BCUT2D eigenvalue weighted by molar-refractivity contribution is -0.135. The number of carbonyl (C=O) groups excluding carboxylic acids is 1. The Hall–Kier alpha value is -3.81. The highest BCUT2D eigenvalue weighted by atomic mass is 32.1. The number of hydrogen-bond donors (Lipinski definition) is 2. The lowest BCUT2D eigenvalue weighted by Crippen LogP contribution is -2.39. The number of anilines is 2. The van der Waals surface area contributed by atoms with Gasteiger partial charge in [-0.2, -0.15) is 0 Å². The van der Waals surface area contributed by atoms with E-state index in [4.69, 9.17) is 5.11 Å². The molecule has 36 heavy (non-hydrogen) atoms. The van der Waals surface area contributed by atoms with E-state index < -0.39 is 6.61 Å². The first-order valence-corrected chi connectivity index (χ1v) is 13.0. The summed E-state index contributed by atoms with van der Waals surface area (Å²) in [5.74, 6) is 0.264. The van der Waals surface area contributed by atoms with E-state index >= 15 is 0 Å². The zero-order valence-corrected chi connectivity index (χ0v) is 20.5. The molecule has 1 saturated heterocycles. The molecule has 5 aromatic rings. The van der Waals surface area contributed by atoms with E-state index in [-0.39, 0.29) is 5.91 Å². The molecule has 0 aliphatic carbocycles. The van der Waals surface area contributed by atoms with Gasteiger partial charge in [0, 0.05) is 36.0 Å². The predicted octanol–water partition coefficient (Wildman–Crippen LogP) is 5.95. The van der Waals surface area contributed by atoms with Crippen molar-refractivity contribution in [3.63, 3.8) is 0 Å². The molecule has 0 radical (unpaired) electrons. The number of aliphatic hydroxyl groups excluding tert-OH is 1. The van der Waals surface area contributed by atoms with Gasteiger partial charge in [-0.1, -0.05) is 30.3 Å². The number of fused-ring (bicyclic) bond motifs is 2. The van der Waals surface area contributed by atoms with Crippen LogP contribution in [0.4, 0.5) is 11.4 Å². The molecule has 1 fully saturated rings. The number of benzene rings is 3. The maximum Gasteiger partial charge on any atom is 0.248 e. The number of hydrogen-bond acceptors (Lipinski definition) is 6. The van der Waals surface area contributed by atoms with Crippen LogP contribution < -0.4 is 5.32 Å². The molecule has 180 valence electrons. The number of rotatable bonds is 5. The Bertz CT molecular complexity index is 1540. The van der Waals surface area contributed by atoms with E-state index in [0.29, 0.717) is 19.0 Å². The third kappa shape index (κ3) is 4.43. The van der Waals surface area contributed by atoms with Crippen LogP contribution in [0.15, 0.2) is 78.4 Å². The minimum absolute atomic E-state index is 0.174. The smallest absolute Gasteiger partial charge is 0.248 e. The molecule has 0 atom stereocenters. The second-order valence-electron chi connectivity index (χ2n) is 9.19. The molecule has 1 aliphatic heterocycles. The SMILES string of the molecule is O=C(CO)N1CCC(c2ccc(-c3ccc4nccc(Nc5ccc6scnc6c5)c4c3)cc2)CC1. The van der Waals surface area contributed by atoms with Gasteiger partial charge in [-0.15, -0.1) is 11.3 Å². The van der Waals surface area contributed by atoms with Crippen LogP contribution in [0.2, 0.25) is 0 Å². The van der Waals surface area contributed by atoms with Crippen molar-refractivity contribution < 1.29 is 9.90 Å². The molecule has 0 unspecified atom stereocenters.